The molecule has 0 radical (unpaired) electrons. The molecule has 1 aliphatic heterocycles. The van der Waals surface area contributed by atoms with Crippen molar-refractivity contribution in [1.29, 1.82) is 0 Å². The van der Waals surface area contributed by atoms with Crippen LogP contribution in [0.5, 0.6) is 0 Å². The second-order valence-corrected chi connectivity index (χ2v) is 10.5. The number of nitrogens with one attached hydrogen (secondary N) is 1. The number of halogens is 3. The summed E-state index contributed by atoms with van der Waals surface area (Å²) in [5.41, 5.74) is 2.27. The number of carbonyl (C=O) groups is 2. The average Bonchev–Trinajstić information content (AvgIpc) is 3.22. The first-order valence-electron chi connectivity index (χ1n) is 12.3. The van der Waals surface area contributed by atoms with Gasteiger partial charge in [0, 0.05) is 28.8 Å². The van der Waals surface area contributed by atoms with E-state index in [1.54, 1.807) is 0 Å². The first-order chi connectivity index (χ1) is 18.7. The normalized spacial score (nSPS) is 15.3. The Kier molecular flexibility index (Phi) is 7.47. The minimum Gasteiger partial charge on any atom is -0.352 e. The van der Waals surface area contributed by atoms with Crippen molar-refractivity contribution in [2.75, 3.05) is 17.2 Å². The van der Waals surface area contributed by atoms with E-state index >= 15 is 4.39 Å². The Morgan fingerprint density at radius 1 is 1.03 bits per heavy atom. The molecule has 200 valence electrons. The summed E-state index contributed by atoms with van der Waals surface area (Å²) in [6.45, 7) is 3.32. The van der Waals surface area contributed by atoms with Crippen LogP contribution < -0.4 is 10.2 Å². The van der Waals surface area contributed by atoms with Crippen LogP contribution in [0.4, 0.5) is 19.0 Å². The van der Waals surface area contributed by atoms with Gasteiger partial charge in [0.05, 0.1) is 22.4 Å². The molecule has 0 spiro atoms. The van der Waals surface area contributed by atoms with E-state index in [0.717, 1.165) is 6.07 Å². The number of hydrogen-bond acceptors (Lipinski definition) is 4. The zero-order chi connectivity index (χ0) is 27.7. The van der Waals surface area contributed by atoms with E-state index in [9.17, 15) is 18.4 Å². The molecule has 39 heavy (non-hydrogen) atoms. The smallest absolute Gasteiger partial charge is 0.240 e. The Balaban J connectivity index is 1.81. The zero-order valence-electron chi connectivity index (χ0n) is 21.2. The van der Waals surface area contributed by atoms with E-state index in [-0.39, 0.29) is 41.5 Å². The van der Waals surface area contributed by atoms with Crippen LogP contribution in [0.15, 0.2) is 72.8 Å². The van der Waals surface area contributed by atoms with E-state index in [4.69, 9.17) is 5.10 Å². The Morgan fingerprint density at radius 2 is 1.72 bits per heavy atom. The van der Waals surface area contributed by atoms with Crippen molar-refractivity contribution in [3.8, 4) is 16.9 Å². The highest BCUT2D eigenvalue weighted by Gasteiger charge is 2.38. The van der Waals surface area contributed by atoms with Gasteiger partial charge in [-0.25, -0.2) is 17.9 Å². The highest BCUT2D eigenvalue weighted by molar-refractivity contribution is 8.00. The summed E-state index contributed by atoms with van der Waals surface area (Å²) in [6.07, 6.45) is 0. The van der Waals surface area contributed by atoms with E-state index in [1.807, 2.05) is 44.2 Å². The highest BCUT2D eigenvalue weighted by atomic mass is 32.2. The van der Waals surface area contributed by atoms with Gasteiger partial charge in [0.15, 0.2) is 0 Å². The monoisotopic (exact) mass is 550 g/mol. The van der Waals surface area contributed by atoms with Gasteiger partial charge in [-0.15, -0.1) is 11.8 Å². The van der Waals surface area contributed by atoms with Crippen LogP contribution in [0.25, 0.3) is 16.9 Å². The second-order valence-electron chi connectivity index (χ2n) is 9.40. The summed E-state index contributed by atoms with van der Waals surface area (Å²) < 4.78 is 44.4. The number of amides is 2. The van der Waals surface area contributed by atoms with Crippen LogP contribution >= 0.6 is 11.8 Å². The molecule has 0 unspecified atom stereocenters. The number of carbonyl (C=O) groups excluding carboxylic acids is 2. The Morgan fingerprint density at radius 3 is 2.38 bits per heavy atom. The van der Waals surface area contributed by atoms with E-state index < -0.39 is 22.7 Å². The molecule has 5 rings (SSSR count). The topological polar surface area (TPSA) is 67.2 Å². The predicted molar refractivity (Wildman–Crippen MR) is 145 cm³/mol. The van der Waals surface area contributed by atoms with Crippen LogP contribution in [0, 0.1) is 17.5 Å². The lowest BCUT2D eigenvalue weighted by Crippen LogP contribution is -2.44. The van der Waals surface area contributed by atoms with Crippen LogP contribution in [-0.2, 0) is 9.59 Å². The molecule has 1 aliphatic rings. The molecule has 0 saturated carbocycles. The molecule has 6 nitrogen and oxygen atoms in total. The molecule has 1 N–H and O–H groups in total. The van der Waals surface area contributed by atoms with Gasteiger partial charge >= 0.3 is 0 Å². The zero-order valence-corrected chi connectivity index (χ0v) is 22.0. The highest BCUT2D eigenvalue weighted by Crippen LogP contribution is 2.49. The van der Waals surface area contributed by atoms with Gasteiger partial charge in [0.25, 0.3) is 0 Å². The number of aromatic nitrogens is 2. The fourth-order valence-corrected chi connectivity index (χ4v) is 5.78. The Labute approximate surface area is 227 Å². The van der Waals surface area contributed by atoms with Gasteiger partial charge in [-0.2, -0.15) is 5.10 Å². The van der Waals surface area contributed by atoms with Crippen molar-refractivity contribution in [2.24, 2.45) is 0 Å². The molecule has 2 amide bonds. The average molecular weight is 551 g/mol. The van der Waals surface area contributed by atoms with Crippen molar-refractivity contribution in [3.63, 3.8) is 0 Å². The fraction of sp³-hybridized carbons (Fsp3) is 0.207. The van der Waals surface area contributed by atoms with Gasteiger partial charge in [-0.3, -0.25) is 14.5 Å². The molecule has 3 aromatic carbocycles. The SMILES string of the molecule is CC(C)NC(=O)CN1C(=O)CS[C@H](c2ccc(F)cc2F)c2c(-c3ccccc3)nn(-c3ccc(F)cc3)c21. The third-order valence-corrected chi connectivity index (χ3v) is 7.44. The van der Waals surface area contributed by atoms with Crippen LogP contribution in [0.3, 0.4) is 0 Å². The lowest BCUT2D eigenvalue weighted by molar-refractivity contribution is -0.123. The summed E-state index contributed by atoms with van der Waals surface area (Å²) >= 11 is 1.17. The summed E-state index contributed by atoms with van der Waals surface area (Å²) in [6, 6.07) is 17.9. The van der Waals surface area contributed by atoms with Crippen molar-refractivity contribution >= 4 is 29.4 Å². The maximum Gasteiger partial charge on any atom is 0.240 e. The van der Waals surface area contributed by atoms with E-state index in [2.05, 4.69) is 5.32 Å². The molecular formula is C29H25F3N4O2S. The van der Waals surface area contributed by atoms with Gasteiger partial charge in [0.1, 0.15) is 29.8 Å². The summed E-state index contributed by atoms with van der Waals surface area (Å²) in [4.78, 5) is 27.8. The van der Waals surface area contributed by atoms with Crippen molar-refractivity contribution in [3.05, 3.63) is 101 Å². The van der Waals surface area contributed by atoms with Gasteiger partial charge < -0.3 is 5.32 Å². The number of anilines is 1. The first kappa shape index (κ1) is 26.6. The third-order valence-electron chi connectivity index (χ3n) is 6.20. The number of thioether (sulfide) groups is 1. The predicted octanol–water partition coefficient (Wildman–Crippen LogP) is 5.65. The van der Waals surface area contributed by atoms with Gasteiger partial charge in [-0.1, -0.05) is 36.4 Å². The first-order valence-corrected chi connectivity index (χ1v) is 13.4. The maximum absolute atomic E-state index is 15.2. The summed E-state index contributed by atoms with van der Waals surface area (Å²) in [5.74, 6) is -2.49. The van der Waals surface area contributed by atoms with Crippen molar-refractivity contribution in [2.45, 2.75) is 25.1 Å². The molecule has 0 saturated heterocycles. The molecule has 4 aromatic rings. The third kappa shape index (κ3) is 5.42. The number of benzene rings is 3. The van der Waals surface area contributed by atoms with E-state index in [1.165, 1.54) is 57.7 Å². The van der Waals surface area contributed by atoms with Crippen molar-refractivity contribution in [1.82, 2.24) is 15.1 Å². The molecule has 0 aliphatic carbocycles. The number of rotatable bonds is 6. The van der Waals surface area contributed by atoms with Crippen LogP contribution in [0.2, 0.25) is 0 Å². The molecule has 0 fully saturated rings. The summed E-state index contributed by atoms with van der Waals surface area (Å²) in [7, 11) is 0. The number of fused-ring (bicyclic) bond motifs is 1. The molecule has 1 atom stereocenters. The Hall–Kier alpha value is -4.05. The minimum absolute atomic E-state index is 0.0667. The molecule has 1 aromatic heterocycles. The lowest BCUT2D eigenvalue weighted by Gasteiger charge is -2.24. The maximum atomic E-state index is 15.2. The van der Waals surface area contributed by atoms with Crippen molar-refractivity contribution < 1.29 is 22.8 Å². The number of nitrogens with zero attached hydrogens (tertiary/aromatic N) is 3. The summed E-state index contributed by atoms with van der Waals surface area (Å²) in [5, 5.41) is 6.89. The fourth-order valence-electron chi connectivity index (χ4n) is 4.56. The van der Waals surface area contributed by atoms with Crippen LogP contribution in [-0.4, -0.2) is 39.9 Å². The van der Waals surface area contributed by atoms with Crippen LogP contribution in [0.1, 0.15) is 30.2 Å². The van der Waals surface area contributed by atoms with Gasteiger partial charge in [-0.05, 0) is 44.2 Å². The lowest BCUT2D eigenvalue weighted by atomic mass is 9.99. The Bertz CT molecular complexity index is 1520. The van der Waals surface area contributed by atoms with E-state index in [0.29, 0.717) is 22.5 Å². The molecule has 10 heteroatoms. The molecule has 2 heterocycles. The quantitative estimate of drug-likeness (QED) is 0.337. The standard InChI is InChI=1S/C29H25F3N4O2S/c1-17(2)33-24(37)15-35-25(38)16-39-28(22-13-10-20(31)14-23(22)32)26-27(18-6-4-3-5-7-18)34-36(29(26)35)21-11-8-19(30)9-12-21/h3-14,17,28H,15-16H2,1-2H3,(H,33,37)/t28-/m1/s1. The molecule has 0 bridgehead atoms. The minimum atomic E-state index is -0.759. The number of hydrogen-bond donors (Lipinski definition) is 1. The van der Waals surface area contributed by atoms with Gasteiger partial charge in [0.2, 0.25) is 11.8 Å². The molecular weight excluding hydrogens is 525 g/mol. The second kappa shape index (κ2) is 11.0. The largest absolute Gasteiger partial charge is 0.352 e.